The van der Waals surface area contributed by atoms with E-state index in [-0.39, 0.29) is 0 Å². The minimum Gasteiger partial charge on any atom is -0.353 e. The Labute approximate surface area is 115 Å². The second-order valence-corrected chi connectivity index (χ2v) is 5.39. The number of rotatable bonds is 5. The minimum absolute atomic E-state index is 0.683. The van der Waals surface area contributed by atoms with Gasteiger partial charge >= 0.3 is 0 Å². The summed E-state index contributed by atoms with van der Waals surface area (Å²) in [6.07, 6.45) is 4.39. The molecule has 0 aliphatic carbocycles. The van der Waals surface area contributed by atoms with Crippen molar-refractivity contribution in [2.24, 2.45) is 5.92 Å². The van der Waals surface area contributed by atoms with Crippen molar-refractivity contribution in [1.29, 1.82) is 0 Å². The summed E-state index contributed by atoms with van der Waals surface area (Å²) < 4.78 is 0. The Morgan fingerprint density at radius 2 is 2.00 bits per heavy atom. The van der Waals surface area contributed by atoms with Crippen LogP contribution in [0.2, 0.25) is 0 Å². The van der Waals surface area contributed by atoms with Gasteiger partial charge in [-0.1, -0.05) is 13.8 Å². The Hall–Kier alpha value is -1.23. The van der Waals surface area contributed by atoms with Crippen LogP contribution in [0.15, 0.2) is 0 Å². The van der Waals surface area contributed by atoms with Crippen molar-refractivity contribution in [3.8, 4) is 0 Å². The average Bonchev–Trinajstić information content (AvgIpc) is 2.45. The first kappa shape index (κ1) is 14.2. The van der Waals surface area contributed by atoms with E-state index in [2.05, 4.69) is 46.3 Å². The Kier molecular flexibility index (Phi) is 5.07. The molecule has 1 aromatic rings. The number of aromatic nitrogens is 3. The number of aryl methyl sites for hydroxylation is 2. The fourth-order valence-electron chi connectivity index (χ4n) is 2.69. The number of piperidine rings is 1. The molecule has 1 saturated heterocycles. The third-order valence-corrected chi connectivity index (χ3v) is 3.78. The van der Waals surface area contributed by atoms with E-state index in [0.717, 1.165) is 37.3 Å². The largest absolute Gasteiger partial charge is 0.353 e. The van der Waals surface area contributed by atoms with Crippen molar-refractivity contribution in [3.05, 3.63) is 11.4 Å². The highest BCUT2D eigenvalue weighted by Crippen LogP contribution is 2.15. The maximum Gasteiger partial charge on any atom is 0.242 e. The van der Waals surface area contributed by atoms with Crippen LogP contribution < -0.4 is 5.32 Å². The van der Waals surface area contributed by atoms with Crippen LogP contribution in [0.3, 0.4) is 0 Å². The molecule has 1 aromatic heterocycles. The Morgan fingerprint density at radius 3 is 2.68 bits per heavy atom. The molecule has 0 aromatic carbocycles. The first-order chi connectivity index (χ1) is 9.22. The van der Waals surface area contributed by atoms with E-state index < -0.39 is 0 Å². The molecule has 1 fully saturated rings. The molecule has 0 spiro atoms. The smallest absolute Gasteiger partial charge is 0.242 e. The molecule has 1 aliphatic rings. The molecule has 0 bridgehead atoms. The van der Waals surface area contributed by atoms with Gasteiger partial charge < -0.3 is 10.2 Å². The van der Waals surface area contributed by atoms with E-state index >= 15 is 0 Å². The number of hydrogen-bond acceptors (Lipinski definition) is 5. The van der Waals surface area contributed by atoms with E-state index in [1.54, 1.807) is 0 Å². The van der Waals surface area contributed by atoms with Crippen molar-refractivity contribution in [2.45, 2.75) is 39.5 Å². The van der Waals surface area contributed by atoms with Crippen molar-refractivity contribution in [3.63, 3.8) is 0 Å². The lowest BCUT2D eigenvalue weighted by Crippen LogP contribution is -2.35. The molecule has 0 amide bonds. The van der Waals surface area contributed by atoms with Crippen molar-refractivity contribution >= 4 is 5.95 Å². The second-order valence-electron chi connectivity index (χ2n) is 5.39. The molecular formula is C14H25N5. The normalized spacial score (nSPS) is 20.5. The first-order valence-corrected chi connectivity index (χ1v) is 7.37. The van der Waals surface area contributed by atoms with Crippen LogP contribution in [0, 0.1) is 5.92 Å². The summed E-state index contributed by atoms with van der Waals surface area (Å²) in [5.41, 5.74) is 2.09. The van der Waals surface area contributed by atoms with E-state index in [1.807, 2.05) is 0 Å². The zero-order valence-electron chi connectivity index (χ0n) is 12.3. The third-order valence-electron chi connectivity index (χ3n) is 3.78. The summed E-state index contributed by atoms with van der Waals surface area (Å²) in [5.74, 6) is 1.38. The SMILES string of the molecule is CCc1nnc(NCC2CCCN(C)C2)nc1CC. The molecule has 5 nitrogen and oxygen atoms in total. The standard InChI is InChI=1S/C14H25N5/c1-4-12-13(5-2)17-18-14(16-12)15-9-11-7-6-8-19(3)10-11/h11H,4-10H2,1-3H3,(H,15,16,18). The minimum atomic E-state index is 0.683. The number of anilines is 1. The maximum absolute atomic E-state index is 4.57. The van der Waals surface area contributed by atoms with Crippen LogP contribution in [0.1, 0.15) is 38.1 Å². The second kappa shape index (κ2) is 6.80. The molecule has 2 heterocycles. The van der Waals surface area contributed by atoms with Gasteiger partial charge in [-0.05, 0) is 45.2 Å². The van der Waals surface area contributed by atoms with Gasteiger partial charge in [0.05, 0.1) is 11.4 Å². The Bertz CT molecular complexity index is 407. The fraction of sp³-hybridized carbons (Fsp3) is 0.786. The zero-order chi connectivity index (χ0) is 13.7. The summed E-state index contributed by atoms with van der Waals surface area (Å²) in [5, 5.41) is 11.8. The number of nitrogens with zero attached hydrogens (tertiary/aromatic N) is 4. The third kappa shape index (κ3) is 3.86. The van der Waals surface area contributed by atoms with Crippen molar-refractivity contribution in [1.82, 2.24) is 20.1 Å². The van der Waals surface area contributed by atoms with Gasteiger partial charge in [-0.25, -0.2) is 4.98 Å². The maximum atomic E-state index is 4.57. The summed E-state index contributed by atoms with van der Waals surface area (Å²) in [7, 11) is 2.19. The topological polar surface area (TPSA) is 53.9 Å². The van der Waals surface area contributed by atoms with Crippen LogP contribution in [0.5, 0.6) is 0 Å². The van der Waals surface area contributed by atoms with Crippen molar-refractivity contribution in [2.75, 3.05) is 32.0 Å². The van der Waals surface area contributed by atoms with Gasteiger partial charge in [-0.3, -0.25) is 0 Å². The van der Waals surface area contributed by atoms with Gasteiger partial charge in [-0.15, -0.1) is 5.10 Å². The molecule has 1 N–H and O–H groups in total. The highest BCUT2D eigenvalue weighted by Gasteiger charge is 2.17. The molecular weight excluding hydrogens is 238 g/mol. The average molecular weight is 263 g/mol. The fourth-order valence-corrected chi connectivity index (χ4v) is 2.69. The number of hydrogen-bond donors (Lipinski definition) is 1. The van der Waals surface area contributed by atoms with Gasteiger partial charge in [0.15, 0.2) is 0 Å². The van der Waals surface area contributed by atoms with Crippen LogP contribution in [0.25, 0.3) is 0 Å². The molecule has 1 aliphatic heterocycles. The number of likely N-dealkylation sites (tertiary alicyclic amines) is 1. The van der Waals surface area contributed by atoms with Gasteiger partial charge in [0.2, 0.25) is 5.95 Å². The molecule has 2 rings (SSSR count). The van der Waals surface area contributed by atoms with Crippen LogP contribution in [0.4, 0.5) is 5.95 Å². The summed E-state index contributed by atoms with van der Waals surface area (Å²) >= 11 is 0. The van der Waals surface area contributed by atoms with Crippen LogP contribution in [-0.4, -0.2) is 46.8 Å². The predicted molar refractivity (Wildman–Crippen MR) is 77.3 cm³/mol. The van der Waals surface area contributed by atoms with E-state index in [4.69, 9.17) is 0 Å². The van der Waals surface area contributed by atoms with E-state index in [0.29, 0.717) is 11.9 Å². The lowest BCUT2D eigenvalue weighted by molar-refractivity contribution is 0.217. The molecule has 1 unspecified atom stereocenters. The summed E-state index contributed by atoms with van der Waals surface area (Å²) in [6.45, 7) is 7.54. The number of nitrogens with one attached hydrogen (secondary N) is 1. The van der Waals surface area contributed by atoms with Gasteiger partial charge in [-0.2, -0.15) is 5.10 Å². The lowest BCUT2D eigenvalue weighted by Gasteiger charge is -2.29. The van der Waals surface area contributed by atoms with E-state index in [1.165, 1.54) is 19.4 Å². The summed E-state index contributed by atoms with van der Waals surface area (Å²) in [6, 6.07) is 0. The lowest BCUT2D eigenvalue weighted by atomic mass is 9.99. The first-order valence-electron chi connectivity index (χ1n) is 7.37. The van der Waals surface area contributed by atoms with Crippen molar-refractivity contribution < 1.29 is 0 Å². The molecule has 5 heteroatoms. The monoisotopic (exact) mass is 263 g/mol. The molecule has 0 radical (unpaired) electrons. The molecule has 0 saturated carbocycles. The van der Waals surface area contributed by atoms with E-state index in [9.17, 15) is 0 Å². The molecule has 1 atom stereocenters. The highest BCUT2D eigenvalue weighted by atomic mass is 15.2. The highest BCUT2D eigenvalue weighted by molar-refractivity contribution is 5.25. The van der Waals surface area contributed by atoms with Crippen LogP contribution in [-0.2, 0) is 12.8 Å². The Balaban J connectivity index is 1.92. The van der Waals surface area contributed by atoms with Gasteiger partial charge in [0.1, 0.15) is 0 Å². The molecule has 19 heavy (non-hydrogen) atoms. The van der Waals surface area contributed by atoms with Gasteiger partial charge in [0.25, 0.3) is 0 Å². The Morgan fingerprint density at radius 1 is 1.21 bits per heavy atom. The van der Waals surface area contributed by atoms with Crippen LogP contribution >= 0.6 is 0 Å². The predicted octanol–water partition coefficient (Wildman–Crippen LogP) is 1.75. The zero-order valence-corrected chi connectivity index (χ0v) is 12.3. The quantitative estimate of drug-likeness (QED) is 0.877. The molecule has 106 valence electrons. The summed E-state index contributed by atoms with van der Waals surface area (Å²) in [4.78, 5) is 6.96. The van der Waals surface area contributed by atoms with Gasteiger partial charge in [0, 0.05) is 13.1 Å².